The molecule has 1 fully saturated rings. The van der Waals surface area contributed by atoms with E-state index in [9.17, 15) is 4.79 Å². The molecule has 0 bridgehead atoms. The maximum Gasteiger partial charge on any atom is 0.276 e. The third kappa shape index (κ3) is 3.90. The Bertz CT molecular complexity index is 933. The van der Waals surface area contributed by atoms with Crippen LogP contribution in [0.3, 0.4) is 0 Å². The van der Waals surface area contributed by atoms with Crippen LogP contribution in [0.25, 0.3) is 10.9 Å². The molecule has 1 saturated heterocycles. The third-order valence-electron chi connectivity index (χ3n) is 5.08. The first-order valence-electron chi connectivity index (χ1n) is 9.76. The fraction of sp³-hybridized carbons (Fsp3) is 0.429. The van der Waals surface area contributed by atoms with Crippen LogP contribution in [0.1, 0.15) is 43.2 Å². The van der Waals surface area contributed by atoms with Gasteiger partial charge in [0.1, 0.15) is 0 Å². The van der Waals surface area contributed by atoms with Gasteiger partial charge in [0.25, 0.3) is 5.91 Å². The van der Waals surface area contributed by atoms with Gasteiger partial charge in [-0.05, 0) is 55.6 Å². The summed E-state index contributed by atoms with van der Waals surface area (Å²) in [6.07, 6.45) is 6.25. The molecule has 1 atom stereocenters. The number of carbonyl (C=O) groups excluding carboxylic acids is 1. The van der Waals surface area contributed by atoms with Crippen LogP contribution in [0.5, 0.6) is 0 Å². The summed E-state index contributed by atoms with van der Waals surface area (Å²) in [5.74, 6) is 0.424. The van der Waals surface area contributed by atoms with Crippen molar-refractivity contribution < 1.29 is 4.79 Å². The Kier molecular flexibility index (Phi) is 4.99. The molecule has 0 spiro atoms. The van der Waals surface area contributed by atoms with Gasteiger partial charge in [0.15, 0.2) is 5.69 Å². The van der Waals surface area contributed by atoms with Crippen LogP contribution >= 0.6 is 0 Å². The molecule has 6 nitrogen and oxygen atoms in total. The first-order chi connectivity index (χ1) is 13.1. The summed E-state index contributed by atoms with van der Waals surface area (Å²) >= 11 is 0. The van der Waals surface area contributed by atoms with Crippen LogP contribution in [0.2, 0.25) is 0 Å². The lowest BCUT2D eigenvalue weighted by Crippen LogP contribution is -2.32. The molecule has 6 heteroatoms. The summed E-state index contributed by atoms with van der Waals surface area (Å²) < 4.78 is 4.17. The fourth-order valence-electron chi connectivity index (χ4n) is 3.75. The van der Waals surface area contributed by atoms with E-state index in [2.05, 4.69) is 52.5 Å². The van der Waals surface area contributed by atoms with Crippen LogP contribution in [0.4, 0.5) is 5.69 Å². The maximum absolute atomic E-state index is 12.6. The fourth-order valence-corrected chi connectivity index (χ4v) is 3.75. The third-order valence-corrected chi connectivity index (χ3v) is 5.08. The van der Waals surface area contributed by atoms with E-state index in [4.69, 9.17) is 0 Å². The van der Waals surface area contributed by atoms with Gasteiger partial charge in [-0.1, -0.05) is 13.8 Å². The quantitative estimate of drug-likeness (QED) is 0.725. The van der Waals surface area contributed by atoms with Crippen molar-refractivity contribution in [2.24, 2.45) is 5.92 Å². The zero-order valence-corrected chi connectivity index (χ0v) is 16.0. The van der Waals surface area contributed by atoms with E-state index in [1.165, 1.54) is 5.52 Å². The number of hydrogen-bond acceptors (Lipinski definition) is 3. The minimum atomic E-state index is -0.168. The highest BCUT2D eigenvalue weighted by atomic mass is 16.1. The average Bonchev–Trinajstić information content (AvgIpc) is 3.30. The van der Waals surface area contributed by atoms with Crippen molar-refractivity contribution in [3.8, 4) is 0 Å². The molecule has 27 heavy (non-hydrogen) atoms. The van der Waals surface area contributed by atoms with Crippen LogP contribution in [-0.4, -0.2) is 33.3 Å². The van der Waals surface area contributed by atoms with E-state index < -0.39 is 0 Å². The highest BCUT2D eigenvalue weighted by molar-refractivity contribution is 6.03. The minimum absolute atomic E-state index is 0.168. The molecule has 1 aliphatic heterocycles. The molecule has 3 heterocycles. The number of nitrogens with zero attached hydrogens (tertiary/aromatic N) is 3. The molecule has 0 aliphatic carbocycles. The van der Waals surface area contributed by atoms with Gasteiger partial charge >= 0.3 is 0 Å². The Labute approximate surface area is 159 Å². The molecule has 2 N–H and O–H groups in total. The van der Waals surface area contributed by atoms with E-state index in [0.29, 0.717) is 17.7 Å². The summed E-state index contributed by atoms with van der Waals surface area (Å²) in [5.41, 5.74) is 2.44. The summed E-state index contributed by atoms with van der Waals surface area (Å²) in [6.45, 7) is 7.38. The molecule has 1 aromatic carbocycles. The van der Waals surface area contributed by atoms with Crippen molar-refractivity contribution in [3.63, 3.8) is 0 Å². The van der Waals surface area contributed by atoms with E-state index in [0.717, 1.165) is 43.5 Å². The molecule has 1 aliphatic rings. The lowest BCUT2D eigenvalue weighted by molar-refractivity contribution is 0.102. The second kappa shape index (κ2) is 7.56. The van der Waals surface area contributed by atoms with Crippen LogP contribution in [0.15, 0.2) is 42.7 Å². The Morgan fingerprint density at radius 1 is 1.30 bits per heavy atom. The molecule has 4 rings (SSSR count). The van der Waals surface area contributed by atoms with Gasteiger partial charge in [-0.25, -0.2) is 0 Å². The summed E-state index contributed by atoms with van der Waals surface area (Å²) in [6, 6.07) is 10.3. The molecule has 2 aromatic heterocycles. The number of carbonyl (C=O) groups is 1. The Morgan fingerprint density at radius 2 is 2.19 bits per heavy atom. The number of fused-ring (bicyclic) bond motifs is 1. The number of aromatic nitrogens is 3. The number of benzene rings is 1. The molecule has 0 saturated carbocycles. The van der Waals surface area contributed by atoms with Crippen molar-refractivity contribution in [3.05, 3.63) is 48.4 Å². The first-order valence-corrected chi connectivity index (χ1v) is 9.76. The summed E-state index contributed by atoms with van der Waals surface area (Å²) in [7, 11) is 0. The van der Waals surface area contributed by atoms with Crippen molar-refractivity contribution >= 4 is 22.5 Å². The normalized spacial score (nSPS) is 17.5. The molecule has 3 aromatic rings. The Morgan fingerprint density at radius 3 is 2.96 bits per heavy atom. The second-order valence-corrected chi connectivity index (χ2v) is 7.77. The highest BCUT2D eigenvalue weighted by Crippen LogP contribution is 2.22. The van der Waals surface area contributed by atoms with Gasteiger partial charge < -0.3 is 15.2 Å². The number of hydrogen-bond donors (Lipinski definition) is 2. The van der Waals surface area contributed by atoms with Crippen molar-refractivity contribution in [2.45, 2.75) is 39.3 Å². The van der Waals surface area contributed by atoms with E-state index in [-0.39, 0.29) is 5.91 Å². The monoisotopic (exact) mass is 365 g/mol. The predicted molar refractivity (Wildman–Crippen MR) is 108 cm³/mol. The molecule has 0 radical (unpaired) electrons. The van der Waals surface area contributed by atoms with Gasteiger partial charge in [0.05, 0.1) is 6.04 Å². The predicted octanol–water partition coefficient (Wildman–Crippen LogP) is 3.67. The number of rotatable bonds is 5. The van der Waals surface area contributed by atoms with Gasteiger partial charge in [0.2, 0.25) is 0 Å². The second-order valence-electron chi connectivity index (χ2n) is 7.77. The topological polar surface area (TPSA) is 63.9 Å². The van der Waals surface area contributed by atoms with Crippen molar-refractivity contribution in [1.29, 1.82) is 0 Å². The Balaban J connectivity index is 1.47. The van der Waals surface area contributed by atoms with Gasteiger partial charge in [-0.3, -0.25) is 9.48 Å². The SMILES string of the molecule is CC(C)Cn1ccc2cc(NC(=O)c3ccn(C4CCCNC4)n3)ccc21. The first kappa shape index (κ1) is 17.8. The molecular weight excluding hydrogens is 338 g/mol. The van der Waals surface area contributed by atoms with Crippen LogP contribution in [-0.2, 0) is 6.54 Å². The average molecular weight is 365 g/mol. The van der Waals surface area contributed by atoms with Crippen LogP contribution in [0, 0.1) is 5.92 Å². The lowest BCUT2D eigenvalue weighted by Gasteiger charge is -2.22. The zero-order chi connectivity index (χ0) is 18.8. The molecular formula is C21H27N5O. The van der Waals surface area contributed by atoms with Gasteiger partial charge in [-0.15, -0.1) is 0 Å². The minimum Gasteiger partial charge on any atom is -0.347 e. The number of nitrogens with one attached hydrogen (secondary N) is 2. The smallest absolute Gasteiger partial charge is 0.276 e. The highest BCUT2D eigenvalue weighted by Gasteiger charge is 2.18. The number of amides is 1. The molecule has 1 amide bonds. The molecule has 1 unspecified atom stereocenters. The summed E-state index contributed by atoms with van der Waals surface area (Å²) in [4.78, 5) is 12.6. The van der Waals surface area contributed by atoms with E-state index in [1.54, 1.807) is 6.07 Å². The maximum atomic E-state index is 12.6. The zero-order valence-electron chi connectivity index (χ0n) is 16.0. The lowest BCUT2D eigenvalue weighted by atomic mass is 10.1. The standard InChI is InChI=1S/C21H27N5O/c1-15(2)14-25-10-7-16-12-17(5-6-20(16)25)23-21(27)19-8-11-26(24-19)18-4-3-9-22-13-18/h5-8,10-12,15,18,22H,3-4,9,13-14H2,1-2H3,(H,23,27). The number of anilines is 1. The molecule has 142 valence electrons. The van der Waals surface area contributed by atoms with E-state index >= 15 is 0 Å². The number of piperidine rings is 1. The largest absolute Gasteiger partial charge is 0.347 e. The van der Waals surface area contributed by atoms with Crippen LogP contribution < -0.4 is 10.6 Å². The van der Waals surface area contributed by atoms with E-state index in [1.807, 2.05) is 23.0 Å². The van der Waals surface area contributed by atoms with Gasteiger partial charge in [-0.2, -0.15) is 5.10 Å². The Hall–Kier alpha value is -2.60. The summed E-state index contributed by atoms with van der Waals surface area (Å²) in [5, 5.41) is 12.0. The van der Waals surface area contributed by atoms with Crippen molar-refractivity contribution in [1.82, 2.24) is 19.7 Å². The van der Waals surface area contributed by atoms with Gasteiger partial charge in [0, 0.05) is 42.1 Å². The van der Waals surface area contributed by atoms with Crippen molar-refractivity contribution in [2.75, 3.05) is 18.4 Å².